The SMILES string of the molecule is COc1ccc(C(=O)NC2CCC(C(=O)O)CC2)c(OC)c1OC. The quantitative estimate of drug-likeness (QED) is 0.825. The first-order chi connectivity index (χ1) is 11.5. The summed E-state index contributed by atoms with van der Waals surface area (Å²) in [6, 6.07) is 3.24. The molecule has 0 saturated heterocycles. The molecule has 132 valence electrons. The number of carbonyl (C=O) groups is 2. The number of methoxy groups -OCH3 is 3. The van der Waals surface area contributed by atoms with Crippen molar-refractivity contribution in [2.75, 3.05) is 21.3 Å². The molecule has 0 heterocycles. The van der Waals surface area contributed by atoms with E-state index in [4.69, 9.17) is 19.3 Å². The van der Waals surface area contributed by atoms with Crippen LogP contribution < -0.4 is 19.5 Å². The van der Waals surface area contributed by atoms with Crippen molar-refractivity contribution in [3.8, 4) is 17.2 Å². The smallest absolute Gasteiger partial charge is 0.306 e. The molecule has 24 heavy (non-hydrogen) atoms. The number of carboxylic acid groups (broad SMARTS) is 1. The van der Waals surface area contributed by atoms with Crippen LogP contribution in [-0.2, 0) is 4.79 Å². The summed E-state index contributed by atoms with van der Waals surface area (Å²) < 4.78 is 15.8. The van der Waals surface area contributed by atoms with Crippen molar-refractivity contribution in [1.82, 2.24) is 5.32 Å². The second kappa shape index (κ2) is 7.90. The molecule has 1 aromatic rings. The maximum absolute atomic E-state index is 12.6. The molecule has 2 rings (SSSR count). The maximum Gasteiger partial charge on any atom is 0.306 e. The van der Waals surface area contributed by atoms with Gasteiger partial charge in [-0.3, -0.25) is 9.59 Å². The monoisotopic (exact) mass is 337 g/mol. The molecule has 2 N–H and O–H groups in total. The van der Waals surface area contributed by atoms with E-state index < -0.39 is 5.97 Å². The van der Waals surface area contributed by atoms with E-state index >= 15 is 0 Å². The number of carbonyl (C=O) groups excluding carboxylic acids is 1. The summed E-state index contributed by atoms with van der Waals surface area (Å²) in [5.74, 6) is -0.189. The van der Waals surface area contributed by atoms with Gasteiger partial charge in [0.15, 0.2) is 11.5 Å². The number of aliphatic carboxylic acids is 1. The second-order valence-corrected chi connectivity index (χ2v) is 5.74. The van der Waals surface area contributed by atoms with Crippen molar-refractivity contribution in [2.45, 2.75) is 31.7 Å². The number of carboxylic acids is 1. The third-order valence-corrected chi connectivity index (χ3v) is 4.36. The van der Waals surface area contributed by atoms with Crippen LogP contribution in [0.1, 0.15) is 36.0 Å². The normalized spacial score (nSPS) is 20.1. The van der Waals surface area contributed by atoms with Gasteiger partial charge in [-0.15, -0.1) is 0 Å². The number of amides is 1. The molecule has 0 aromatic heterocycles. The highest BCUT2D eigenvalue weighted by Crippen LogP contribution is 2.39. The first-order valence-corrected chi connectivity index (χ1v) is 7.84. The molecule has 1 aliphatic carbocycles. The Bertz CT molecular complexity index is 607. The second-order valence-electron chi connectivity index (χ2n) is 5.74. The average Bonchev–Trinajstić information content (AvgIpc) is 2.60. The van der Waals surface area contributed by atoms with Crippen LogP contribution in [0.4, 0.5) is 0 Å². The van der Waals surface area contributed by atoms with Gasteiger partial charge in [-0.25, -0.2) is 0 Å². The van der Waals surface area contributed by atoms with Crippen molar-refractivity contribution in [1.29, 1.82) is 0 Å². The van der Waals surface area contributed by atoms with E-state index in [1.165, 1.54) is 21.3 Å². The van der Waals surface area contributed by atoms with Gasteiger partial charge < -0.3 is 24.6 Å². The van der Waals surface area contributed by atoms with Gasteiger partial charge in [-0.2, -0.15) is 0 Å². The standard InChI is InChI=1S/C17H23NO6/c1-22-13-9-8-12(14(23-2)15(13)24-3)16(19)18-11-6-4-10(5-7-11)17(20)21/h8-11H,4-7H2,1-3H3,(H,18,19)(H,20,21). The summed E-state index contributed by atoms with van der Waals surface area (Å²) in [4.78, 5) is 23.6. The molecule has 0 atom stereocenters. The Morgan fingerprint density at radius 2 is 1.62 bits per heavy atom. The molecule has 0 radical (unpaired) electrons. The van der Waals surface area contributed by atoms with Crippen LogP contribution in [-0.4, -0.2) is 44.4 Å². The predicted octanol–water partition coefficient (Wildman–Crippen LogP) is 2.09. The van der Waals surface area contributed by atoms with Gasteiger partial charge in [0.05, 0.1) is 32.8 Å². The first-order valence-electron chi connectivity index (χ1n) is 7.84. The zero-order valence-corrected chi connectivity index (χ0v) is 14.1. The molecular formula is C17H23NO6. The molecule has 1 aromatic carbocycles. The molecule has 1 amide bonds. The van der Waals surface area contributed by atoms with Gasteiger partial charge in [0.1, 0.15) is 0 Å². The number of hydrogen-bond acceptors (Lipinski definition) is 5. The van der Waals surface area contributed by atoms with Crippen LogP contribution in [0.3, 0.4) is 0 Å². The van der Waals surface area contributed by atoms with Crippen LogP contribution in [0.2, 0.25) is 0 Å². The first kappa shape index (κ1) is 17.9. The van der Waals surface area contributed by atoms with Gasteiger partial charge >= 0.3 is 5.97 Å². The van der Waals surface area contributed by atoms with E-state index in [0.29, 0.717) is 48.5 Å². The Morgan fingerprint density at radius 3 is 2.12 bits per heavy atom. The summed E-state index contributed by atoms with van der Waals surface area (Å²) in [7, 11) is 4.46. The van der Waals surface area contributed by atoms with Crippen molar-refractivity contribution in [2.24, 2.45) is 5.92 Å². The van der Waals surface area contributed by atoms with Crippen LogP contribution in [0, 0.1) is 5.92 Å². The van der Waals surface area contributed by atoms with Crippen molar-refractivity contribution in [3.05, 3.63) is 17.7 Å². The summed E-state index contributed by atoms with van der Waals surface area (Å²) in [6.45, 7) is 0. The van der Waals surface area contributed by atoms with E-state index in [1.54, 1.807) is 12.1 Å². The highest BCUT2D eigenvalue weighted by Gasteiger charge is 2.28. The van der Waals surface area contributed by atoms with Crippen LogP contribution in [0.15, 0.2) is 12.1 Å². The fourth-order valence-electron chi connectivity index (χ4n) is 3.03. The zero-order valence-electron chi connectivity index (χ0n) is 14.1. The molecule has 0 aliphatic heterocycles. The Kier molecular flexibility index (Phi) is 5.89. The Hall–Kier alpha value is -2.44. The summed E-state index contributed by atoms with van der Waals surface area (Å²) in [5, 5.41) is 12.0. The zero-order chi connectivity index (χ0) is 17.7. The minimum absolute atomic E-state index is 0.0362. The summed E-state index contributed by atoms with van der Waals surface area (Å²) in [6.07, 6.45) is 2.45. The lowest BCUT2D eigenvalue weighted by Gasteiger charge is -2.27. The molecule has 7 nitrogen and oxygen atoms in total. The minimum atomic E-state index is -0.763. The Balaban J connectivity index is 2.12. The number of nitrogens with one attached hydrogen (secondary N) is 1. The Morgan fingerprint density at radius 1 is 1.00 bits per heavy atom. The fourth-order valence-corrected chi connectivity index (χ4v) is 3.03. The molecule has 1 fully saturated rings. The van der Waals surface area contributed by atoms with Crippen LogP contribution >= 0.6 is 0 Å². The number of rotatable bonds is 6. The minimum Gasteiger partial charge on any atom is -0.493 e. The largest absolute Gasteiger partial charge is 0.493 e. The highest BCUT2D eigenvalue weighted by atomic mass is 16.5. The molecule has 7 heteroatoms. The van der Waals surface area contributed by atoms with Crippen molar-refractivity contribution in [3.63, 3.8) is 0 Å². The van der Waals surface area contributed by atoms with Gasteiger partial charge in [-0.1, -0.05) is 0 Å². The van der Waals surface area contributed by atoms with Crippen molar-refractivity contribution >= 4 is 11.9 Å². The number of benzene rings is 1. The average molecular weight is 337 g/mol. The van der Waals surface area contributed by atoms with Gasteiger partial charge in [0, 0.05) is 6.04 Å². The maximum atomic E-state index is 12.6. The lowest BCUT2D eigenvalue weighted by molar-refractivity contribution is -0.142. The van der Waals surface area contributed by atoms with Gasteiger partial charge in [0.25, 0.3) is 5.91 Å². The molecule has 1 aliphatic rings. The van der Waals surface area contributed by atoms with Crippen LogP contribution in [0.25, 0.3) is 0 Å². The molecule has 0 spiro atoms. The third kappa shape index (κ3) is 3.72. The molecule has 0 bridgehead atoms. The highest BCUT2D eigenvalue weighted by molar-refractivity contribution is 5.98. The van der Waals surface area contributed by atoms with E-state index in [0.717, 1.165) is 0 Å². The molecular weight excluding hydrogens is 314 g/mol. The lowest BCUT2D eigenvalue weighted by atomic mass is 9.86. The van der Waals surface area contributed by atoms with Crippen molar-refractivity contribution < 1.29 is 28.9 Å². The number of ether oxygens (including phenoxy) is 3. The topological polar surface area (TPSA) is 94.1 Å². The van der Waals surface area contributed by atoms with E-state index in [2.05, 4.69) is 5.32 Å². The Labute approximate surface area is 140 Å². The van der Waals surface area contributed by atoms with Crippen LogP contribution in [0.5, 0.6) is 17.2 Å². The van der Waals surface area contributed by atoms with Gasteiger partial charge in [0.2, 0.25) is 5.75 Å². The summed E-state index contributed by atoms with van der Waals surface area (Å²) in [5.41, 5.74) is 0.357. The van der Waals surface area contributed by atoms with Gasteiger partial charge in [-0.05, 0) is 37.8 Å². The van der Waals surface area contributed by atoms with E-state index in [-0.39, 0.29) is 17.9 Å². The fraction of sp³-hybridized carbons (Fsp3) is 0.529. The summed E-state index contributed by atoms with van der Waals surface area (Å²) >= 11 is 0. The molecule has 1 saturated carbocycles. The van der Waals surface area contributed by atoms with E-state index in [1.807, 2.05) is 0 Å². The predicted molar refractivity (Wildman–Crippen MR) is 86.9 cm³/mol. The third-order valence-electron chi connectivity index (χ3n) is 4.36. The number of hydrogen-bond donors (Lipinski definition) is 2. The van der Waals surface area contributed by atoms with E-state index in [9.17, 15) is 9.59 Å². The molecule has 0 unspecified atom stereocenters. The lowest BCUT2D eigenvalue weighted by Crippen LogP contribution is -2.38.